The van der Waals surface area contributed by atoms with Gasteiger partial charge in [0.2, 0.25) is 0 Å². The summed E-state index contributed by atoms with van der Waals surface area (Å²) in [6.45, 7) is 0. The van der Waals surface area contributed by atoms with Crippen LogP contribution in [0.3, 0.4) is 0 Å². The van der Waals surface area contributed by atoms with E-state index in [1.807, 2.05) is 30.3 Å². The number of nitrogens with one attached hydrogen (secondary N) is 1. The van der Waals surface area contributed by atoms with Crippen molar-refractivity contribution in [1.29, 1.82) is 0 Å². The maximum absolute atomic E-state index is 11.6. The fraction of sp³-hybridized carbons (Fsp3) is 0. The van der Waals surface area contributed by atoms with Gasteiger partial charge >= 0.3 is 6.09 Å². The Labute approximate surface area is 127 Å². The van der Waals surface area contributed by atoms with Gasteiger partial charge in [0.1, 0.15) is 5.75 Å². The molecular formula is C13H9BrINO2. The molecule has 0 aliphatic rings. The second kappa shape index (κ2) is 6.19. The number of hydrogen-bond donors (Lipinski definition) is 1. The minimum absolute atomic E-state index is 0.501. The molecule has 0 aliphatic carbocycles. The van der Waals surface area contributed by atoms with Crippen LogP contribution in [0.5, 0.6) is 5.75 Å². The van der Waals surface area contributed by atoms with Crippen molar-refractivity contribution in [1.82, 2.24) is 0 Å². The highest BCUT2D eigenvalue weighted by atomic mass is 127. The van der Waals surface area contributed by atoms with E-state index in [0.717, 1.165) is 8.04 Å². The molecule has 0 aliphatic heterocycles. The third-order valence-electron chi connectivity index (χ3n) is 2.12. The van der Waals surface area contributed by atoms with Crippen LogP contribution in [0.15, 0.2) is 53.0 Å². The Morgan fingerprint density at radius 2 is 1.89 bits per heavy atom. The first-order valence-electron chi connectivity index (χ1n) is 5.14. The number of para-hydroxylation sites is 1. The molecule has 18 heavy (non-hydrogen) atoms. The molecule has 3 nitrogen and oxygen atoms in total. The van der Waals surface area contributed by atoms with Gasteiger partial charge < -0.3 is 4.74 Å². The summed E-state index contributed by atoms with van der Waals surface area (Å²) in [5, 5.41) is 2.67. The highest BCUT2D eigenvalue weighted by molar-refractivity contribution is 14.1. The molecule has 2 aromatic carbocycles. The summed E-state index contributed by atoms with van der Waals surface area (Å²) in [5.41, 5.74) is 0.698. The minimum atomic E-state index is -0.501. The van der Waals surface area contributed by atoms with Gasteiger partial charge in [0.15, 0.2) is 0 Å². The van der Waals surface area contributed by atoms with Crippen molar-refractivity contribution in [3.63, 3.8) is 0 Å². The number of ether oxygens (including phenoxy) is 1. The molecule has 0 radical (unpaired) electrons. The number of benzene rings is 2. The number of rotatable bonds is 2. The summed E-state index contributed by atoms with van der Waals surface area (Å²) in [7, 11) is 0. The Balaban J connectivity index is 2.01. The van der Waals surface area contributed by atoms with Gasteiger partial charge in [0, 0.05) is 13.7 Å². The van der Waals surface area contributed by atoms with Gasteiger partial charge in [-0.25, -0.2) is 4.79 Å². The second-order valence-electron chi connectivity index (χ2n) is 3.46. The zero-order valence-electron chi connectivity index (χ0n) is 9.19. The Morgan fingerprint density at radius 1 is 1.17 bits per heavy atom. The summed E-state index contributed by atoms with van der Waals surface area (Å²) in [5.74, 6) is 0.516. The first-order valence-corrected chi connectivity index (χ1v) is 7.01. The lowest BCUT2D eigenvalue weighted by molar-refractivity contribution is 0.215. The van der Waals surface area contributed by atoms with Gasteiger partial charge in [-0.3, -0.25) is 5.32 Å². The smallest absolute Gasteiger partial charge is 0.410 e. The average Bonchev–Trinajstić information content (AvgIpc) is 2.35. The number of amides is 1. The largest absolute Gasteiger partial charge is 0.417 e. The van der Waals surface area contributed by atoms with Crippen molar-refractivity contribution >= 4 is 50.3 Å². The van der Waals surface area contributed by atoms with Crippen molar-refractivity contribution in [3.8, 4) is 5.75 Å². The molecule has 0 saturated carbocycles. The first-order chi connectivity index (χ1) is 8.65. The fourth-order valence-corrected chi connectivity index (χ4v) is 2.07. The molecule has 0 aromatic heterocycles. The summed E-state index contributed by atoms with van der Waals surface area (Å²) in [4.78, 5) is 11.6. The molecule has 0 unspecified atom stereocenters. The third-order valence-corrected chi connectivity index (χ3v) is 4.44. The highest BCUT2D eigenvalue weighted by Crippen LogP contribution is 2.22. The predicted molar refractivity (Wildman–Crippen MR) is 82.9 cm³/mol. The summed E-state index contributed by atoms with van der Waals surface area (Å²) in [6.07, 6.45) is -0.501. The van der Waals surface area contributed by atoms with Crippen LogP contribution in [0.4, 0.5) is 10.5 Å². The Bertz CT molecular complexity index is 560. The predicted octanol–water partition coefficient (Wildman–Crippen LogP) is 4.66. The SMILES string of the molecule is O=C(Nc1ccc(Br)c(I)c1)Oc1ccccc1. The van der Waals surface area contributed by atoms with Crippen LogP contribution < -0.4 is 10.1 Å². The lowest BCUT2D eigenvalue weighted by Gasteiger charge is -2.07. The van der Waals surface area contributed by atoms with E-state index in [0.29, 0.717) is 11.4 Å². The highest BCUT2D eigenvalue weighted by Gasteiger charge is 2.05. The number of hydrogen-bond acceptors (Lipinski definition) is 2. The standard InChI is InChI=1S/C13H9BrINO2/c14-11-7-6-9(8-12(11)15)16-13(17)18-10-4-2-1-3-5-10/h1-8H,(H,16,17). The van der Waals surface area contributed by atoms with E-state index in [-0.39, 0.29) is 0 Å². The van der Waals surface area contributed by atoms with Gasteiger partial charge in [0.25, 0.3) is 0 Å². The summed E-state index contributed by atoms with van der Waals surface area (Å²) < 4.78 is 7.13. The van der Waals surface area contributed by atoms with E-state index in [1.165, 1.54) is 0 Å². The van der Waals surface area contributed by atoms with Gasteiger partial charge in [-0.2, -0.15) is 0 Å². The Kier molecular flexibility index (Phi) is 4.60. The summed E-state index contributed by atoms with van der Waals surface area (Å²) in [6, 6.07) is 14.5. The molecule has 1 N–H and O–H groups in total. The molecule has 92 valence electrons. The number of carbonyl (C=O) groups is 1. The maximum atomic E-state index is 11.6. The van der Waals surface area contributed by atoms with Crippen LogP contribution in [-0.2, 0) is 0 Å². The van der Waals surface area contributed by atoms with E-state index in [4.69, 9.17) is 4.74 Å². The van der Waals surface area contributed by atoms with E-state index >= 15 is 0 Å². The lowest BCUT2D eigenvalue weighted by atomic mass is 10.3. The average molecular weight is 418 g/mol. The maximum Gasteiger partial charge on any atom is 0.417 e. The van der Waals surface area contributed by atoms with Gasteiger partial charge in [0.05, 0.1) is 0 Å². The van der Waals surface area contributed by atoms with Crippen molar-refractivity contribution in [2.45, 2.75) is 0 Å². The topological polar surface area (TPSA) is 38.3 Å². The molecule has 0 bridgehead atoms. The van der Waals surface area contributed by atoms with Crippen LogP contribution >= 0.6 is 38.5 Å². The third kappa shape index (κ3) is 3.71. The number of halogens is 2. The molecular weight excluding hydrogens is 409 g/mol. The molecule has 0 fully saturated rings. The second-order valence-corrected chi connectivity index (χ2v) is 5.47. The zero-order valence-corrected chi connectivity index (χ0v) is 12.9. The normalized spacial score (nSPS) is 9.89. The molecule has 0 heterocycles. The number of anilines is 1. The fourth-order valence-electron chi connectivity index (χ4n) is 1.31. The Hall–Kier alpha value is -1.08. The molecule has 0 atom stereocenters. The molecule has 0 spiro atoms. The lowest BCUT2D eigenvalue weighted by Crippen LogP contribution is -2.16. The van der Waals surface area contributed by atoms with E-state index in [1.54, 1.807) is 18.2 Å². The van der Waals surface area contributed by atoms with Gasteiger partial charge in [-0.15, -0.1) is 0 Å². The molecule has 1 amide bonds. The molecule has 0 saturated heterocycles. The van der Waals surface area contributed by atoms with Gasteiger partial charge in [-0.1, -0.05) is 18.2 Å². The van der Waals surface area contributed by atoms with Crippen LogP contribution in [-0.4, -0.2) is 6.09 Å². The van der Waals surface area contributed by atoms with Crippen molar-refractivity contribution in [2.75, 3.05) is 5.32 Å². The van der Waals surface area contributed by atoms with Crippen LogP contribution in [0.2, 0.25) is 0 Å². The van der Waals surface area contributed by atoms with Crippen molar-refractivity contribution in [3.05, 3.63) is 56.6 Å². The monoisotopic (exact) mass is 417 g/mol. The Morgan fingerprint density at radius 3 is 2.56 bits per heavy atom. The van der Waals surface area contributed by atoms with Crippen molar-refractivity contribution < 1.29 is 9.53 Å². The summed E-state index contributed by atoms with van der Waals surface area (Å²) >= 11 is 5.58. The van der Waals surface area contributed by atoms with E-state index in [9.17, 15) is 4.79 Å². The van der Waals surface area contributed by atoms with Crippen LogP contribution in [0.25, 0.3) is 0 Å². The number of carbonyl (C=O) groups excluding carboxylic acids is 1. The zero-order chi connectivity index (χ0) is 13.0. The van der Waals surface area contributed by atoms with E-state index in [2.05, 4.69) is 43.8 Å². The van der Waals surface area contributed by atoms with Crippen molar-refractivity contribution in [2.24, 2.45) is 0 Å². The van der Waals surface area contributed by atoms with Crippen LogP contribution in [0.1, 0.15) is 0 Å². The molecule has 5 heteroatoms. The molecule has 2 rings (SSSR count). The molecule has 2 aromatic rings. The van der Waals surface area contributed by atoms with Crippen LogP contribution in [0, 0.1) is 3.57 Å². The van der Waals surface area contributed by atoms with Gasteiger partial charge in [-0.05, 0) is 68.9 Å². The minimum Gasteiger partial charge on any atom is -0.410 e. The van der Waals surface area contributed by atoms with E-state index < -0.39 is 6.09 Å². The first kappa shape index (κ1) is 13.4. The quantitative estimate of drug-likeness (QED) is 0.721.